The van der Waals surface area contributed by atoms with Gasteiger partial charge in [-0.05, 0) is 25.0 Å². The zero-order valence-corrected chi connectivity index (χ0v) is 9.70. The molecule has 2 nitrogen and oxygen atoms in total. The molecule has 0 aliphatic heterocycles. The van der Waals surface area contributed by atoms with Gasteiger partial charge in [0.05, 0.1) is 0 Å². The normalized spacial score (nSPS) is 12.2. The molecule has 0 spiro atoms. The molecule has 0 radical (unpaired) electrons. The first-order chi connectivity index (χ1) is 7.21. The van der Waals surface area contributed by atoms with Gasteiger partial charge in [-0.1, -0.05) is 26.8 Å². The van der Waals surface area contributed by atoms with Crippen LogP contribution in [0.3, 0.4) is 0 Å². The van der Waals surface area contributed by atoms with Gasteiger partial charge in [-0.3, -0.25) is 0 Å². The molecule has 2 rings (SSSR count). The smallest absolute Gasteiger partial charge is 0.136 e. The summed E-state index contributed by atoms with van der Waals surface area (Å²) in [7, 11) is 0. The summed E-state index contributed by atoms with van der Waals surface area (Å²) in [6, 6.07) is 6.36. The largest absolute Gasteiger partial charge is 0.304 e. The maximum Gasteiger partial charge on any atom is 0.136 e. The van der Waals surface area contributed by atoms with Crippen molar-refractivity contribution in [3.8, 4) is 0 Å². The lowest BCUT2D eigenvalue weighted by molar-refractivity contribution is 0.421. The zero-order chi connectivity index (χ0) is 10.9. The molecule has 0 N–H and O–H groups in total. The molecule has 0 aliphatic carbocycles. The van der Waals surface area contributed by atoms with Crippen molar-refractivity contribution >= 4 is 5.65 Å². The van der Waals surface area contributed by atoms with Crippen LogP contribution in [-0.4, -0.2) is 9.38 Å². The van der Waals surface area contributed by atoms with Crippen molar-refractivity contribution in [2.45, 2.75) is 39.0 Å². The van der Waals surface area contributed by atoms with E-state index in [2.05, 4.69) is 48.4 Å². The lowest BCUT2D eigenvalue weighted by atomic mass is 9.81. The number of pyridine rings is 1. The number of rotatable bonds is 3. The van der Waals surface area contributed by atoms with Gasteiger partial charge in [0.1, 0.15) is 5.65 Å². The maximum atomic E-state index is 4.32. The summed E-state index contributed by atoms with van der Waals surface area (Å²) in [6.45, 7) is 6.82. The van der Waals surface area contributed by atoms with Gasteiger partial charge in [0.25, 0.3) is 0 Å². The Labute approximate surface area is 91.0 Å². The molecule has 15 heavy (non-hydrogen) atoms. The second-order valence-electron chi connectivity index (χ2n) is 4.33. The van der Waals surface area contributed by atoms with Crippen LogP contribution in [-0.2, 0) is 5.41 Å². The molecule has 0 amide bonds. The van der Waals surface area contributed by atoms with Crippen LogP contribution in [0.1, 0.15) is 39.3 Å². The van der Waals surface area contributed by atoms with Gasteiger partial charge in [0, 0.05) is 23.5 Å². The summed E-state index contributed by atoms with van der Waals surface area (Å²) in [5, 5.41) is 0. The van der Waals surface area contributed by atoms with Gasteiger partial charge < -0.3 is 4.40 Å². The predicted octanol–water partition coefficient (Wildman–Crippen LogP) is 3.41. The minimum Gasteiger partial charge on any atom is -0.304 e. The lowest BCUT2D eigenvalue weighted by Crippen LogP contribution is -2.22. The first-order valence-electron chi connectivity index (χ1n) is 5.64. The molecule has 0 bridgehead atoms. The Hall–Kier alpha value is -1.31. The topological polar surface area (TPSA) is 17.3 Å². The summed E-state index contributed by atoms with van der Waals surface area (Å²) in [4.78, 5) is 4.32. The Kier molecular flexibility index (Phi) is 2.51. The van der Waals surface area contributed by atoms with Crippen molar-refractivity contribution in [3.63, 3.8) is 0 Å². The molecule has 0 aromatic carbocycles. The van der Waals surface area contributed by atoms with E-state index in [1.165, 1.54) is 5.69 Å². The van der Waals surface area contributed by atoms with Crippen LogP contribution < -0.4 is 0 Å². The van der Waals surface area contributed by atoms with Crippen molar-refractivity contribution in [1.29, 1.82) is 0 Å². The highest BCUT2D eigenvalue weighted by molar-refractivity contribution is 5.41. The second-order valence-corrected chi connectivity index (χ2v) is 4.33. The fourth-order valence-electron chi connectivity index (χ4n) is 2.05. The number of nitrogens with zero attached hydrogens (tertiary/aromatic N) is 2. The van der Waals surface area contributed by atoms with Crippen LogP contribution in [0.4, 0.5) is 0 Å². The summed E-state index contributed by atoms with van der Waals surface area (Å²) in [5.74, 6) is 0. The summed E-state index contributed by atoms with van der Waals surface area (Å²) in [6.07, 6.45) is 6.22. The predicted molar refractivity (Wildman–Crippen MR) is 63.1 cm³/mol. The highest BCUT2D eigenvalue weighted by atomic mass is 15.0. The number of fused-ring (bicyclic) bond motifs is 1. The van der Waals surface area contributed by atoms with E-state index in [1.54, 1.807) is 0 Å². The van der Waals surface area contributed by atoms with Crippen LogP contribution in [0.25, 0.3) is 5.65 Å². The van der Waals surface area contributed by atoms with E-state index in [-0.39, 0.29) is 5.41 Å². The Bertz CT molecular complexity index is 452. The van der Waals surface area contributed by atoms with E-state index in [1.807, 2.05) is 12.4 Å². The summed E-state index contributed by atoms with van der Waals surface area (Å²) >= 11 is 0. The molecule has 2 aromatic rings. The Morgan fingerprint density at radius 2 is 2.00 bits per heavy atom. The van der Waals surface area contributed by atoms with E-state index in [4.69, 9.17) is 0 Å². The average molecular weight is 202 g/mol. The fourth-order valence-corrected chi connectivity index (χ4v) is 2.05. The van der Waals surface area contributed by atoms with Crippen molar-refractivity contribution < 1.29 is 0 Å². The average Bonchev–Trinajstić information content (AvgIpc) is 2.75. The Balaban J connectivity index is 2.64. The lowest BCUT2D eigenvalue weighted by Gasteiger charge is -2.28. The van der Waals surface area contributed by atoms with Crippen LogP contribution in [0.5, 0.6) is 0 Å². The van der Waals surface area contributed by atoms with E-state index in [0.717, 1.165) is 18.5 Å². The van der Waals surface area contributed by atoms with Gasteiger partial charge in [0.15, 0.2) is 0 Å². The van der Waals surface area contributed by atoms with Gasteiger partial charge in [0.2, 0.25) is 0 Å². The van der Waals surface area contributed by atoms with Gasteiger partial charge in [-0.25, -0.2) is 4.98 Å². The van der Waals surface area contributed by atoms with Crippen LogP contribution in [0.2, 0.25) is 0 Å². The third-order valence-corrected chi connectivity index (χ3v) is 3.61. The third-order valence-electron chi connectivity index (χ3n) is 3.61. The third kappa shape index (κ3) is 1.54. The summed E-state index contributed by atoms with van der Waals surface area (Å²) in [5.41, 5.74) is 2.66. The Morgan fingerprint density at radius 1 is 1.27 bits per heavy atom. The highest BCUT2D eigenvalue weighted by Gasteiger charge is 2.24. The standard InChI is InChI=1S/C13H18N2/c1-4-13(3,5-2)11-7-6-8-12-14-9-10-15(11)12/h6-10H,4-5H2,1-3H3. The molecule has 0 aliphatic rings. The van der Waals surface area contributed by atoms with Gasteiger partial charge >= 0.3 is 0 Å². The zero-order valence-electron chi connectivity index (χ0n) is 9.70. The molecular weight excluding hydrogens is 184 g/mol. The quantitative estimate of drug-likeness (QED) is 0.745. The van der Waals surface area contributed by atoms with Gasteiger partial charge in [-0.15, -0.1) is 0 Å². The highest BCUT2D eigenvalue weighted by Crippen LogP contribution is 2.30. The molecule has 2 heteroatoms. The number of aromatic nitrogens is 2. The molecule has 0 saturated carbocycles. The van der Waals surface area contributed by atoms with Crippen molar-refractivity contribution in [2.75, 3.05) is 0 Å². The summed E-state index contributed by atoms with van der Waals surface area (Å²) < 4.78 is 2.20. The molecular formula is C13H18N2. The van der Waals surface area contributed by atoms with E-state index in [0.29, 0.717) is 0 Å². The maximum absolute atomic E-state index is 4.32. The molecule has 2 heterocycles. The van der Waals surface area contributed by atoms with Crippen LogP contribution in [0.15, 0.2) is 30.6 Å². The van der Waals surface area contributed by atoms with Crippen LogP contribution >= 0.6 is 0 Å². The molecule has 0 saturated heterocycles. The number of hydrogen-bond donors (Lipinski definition) is 0. The van der Waals surface area contributed by atoms with Crippen molar-refractivity contribution in [3.05, 3.63) is 36.3 Å². The minimum atomic E-state index is 0.250. The SMILES string of the molecule is CCC(C)(CC)c1cccc2nccn12. The van der Waals surface area contributed by atoms with Gasteiger partial charge in [-0.2, -0.15) is 0 Å². The fraction of sp³-hybridized carbons (Fsp3) is 0.462. The van der Waals surface area contributed by atoms with Crippen molar-refractivity contribution in [2.24, 2.45) is 0 Å². The van der Waals surface area contributed by atoms with Crippen LogP contribution in [0, 0.1) is 0 Å². The molecule has 80 valence electrons. The van der Waals surface area contributed by atoms with Crippen molar-refractivity contribution in [1.82, 2.24) is 9.38 Å². The minimum absolute atomic E-state index is 0.250. The van der Waals surface area contributed by atoms with E-state index < -0.39 is 0 Å². The molecule has 2 aromatic heterocycles. The monoisotopic (exact) mass is 202 g/mol. The number of imidazole rings is 1. The molecule has 0 fully saturated rings. The van der Waals surface area contributed by atoms with E-state index in [9.17, 15) is 0 Å². The van der Waals surface area contributed by atoms with E-state index >= 15 is 0 Å². The second kappa shape index (κ2) is 3.69. The Morgan fingerprint density at radius 3 is 2.67 bits per heavy atom. The molecule has 0 atom stereocenters. The number of hydrogen-bond acceptors (Lipinski definition) is 1. The molecule has 0 unspecified atom stereocenters. The first kappa shape index (κ1) is 10.2. The first-order valence-corrected chi connectivity index (χ1v) is 5.64.